The Bertz CT molecular complexity index is 392. The number of rotatable bonds is 7. The normalized spacial score (nSPS) is 20.0. The van der Waals surface area contributed by atoms with Gasteiger partial charge in [0.1, 0.15) is 5.82 Å². The zero-order valence-corrected chi connectivity index (χ0v) is 13.1. The Kier molecular flexibility index (Phi) is 6.31. The van der Waals surface area contributed by atoms with Crippen LogP contribution in [0.1, 0.15) is 64.0 Å². The van der Waals surface area contributed by atoms with Gasteiger partial charge < -0.3 is 5.32 Å². The summed E-state index contributed by atoms with van der Waals surface area (Å²) in [6.07, 6.45) is 9.58. The molecule has 3 heteroatoms. The van der Waals surface area contributed by atoms with Gasteiger partial charge in [-0.15, -0.1) is 0 Å². The highest BCUT2D eigenvalue weighted by atomic mass is 15.2. The number of pyridine rings is 1. The molecule has 0 aliphatic carbocycles. The minimum atomic E-state index is 0.559. The first-order valence-corrected chi connectivity index (χ1v) is 8.29. The molecule has 1 aromatic rings. The van der Waals surface area contributed by atoms with Gasteiger partial charge in [-0.1, -0.05) is 32.8 Å². The standard InChI is InChI=1S/C17H29N3/c1-3-5-13-20-14-7-6-10-16(20)15-9-8-12-19-17(15)18-11-4-2/h8-9,12,16H,3-7,10-11,13-14H2,1-2H3,(H,18,19)/t16-/m0/s1. The van der Waals surface area contributed by atoms with Crippen LogP contribution in [0.15, 0.2) is 18.3 Å². The van der Waals surface area contributed by atoms with E-state index in [1.807, 2.05) is 6.20 Å². The van der Waals surface area contributed by atoms with E-state index >= 15 is 0 Å². The van der Waals surface area contributed by atoms with Gasteiger partial charge in [0.2, 0.25) is 0 Å². The van der Waals surface area contributed by atoms with Crippen molar-refractivity contribution in [3.8, 4) is 0 Å². The fourth-order valence-corrected chi connectivity index (χ4v) is 3.05. The van der Waals surface area contributed by atoms with Crippen LogP contribution in [0.3, 0.4) is 0 Å². The number of likely N-dealkylation sites (tertiary alicyclic amines) is 1. The van der Waals surface area contributed by atoms with Crippen LogP contribution >= 0.6 is 0 Å². The van der Waals surface area contributed by atoms with Crippen molar-refractivity contribution in [3.05, 3.63) is 23.9 Å². The molecule has 1 N–H and O–H groups in total. The molecule has 0 spiro atoms. The third kappa shape index (κ3) is 3.95. The SMILES string of the molecule is CCCCN1CCCC[C@H]1c1cccnc1NCCC. The molecule has 0 bridgehead atoms. The number of piperidine rings is 1. The van der Waals surface area contributed by atoms with Gasteiger partial charge in [0.15, 0.2) is 0 Å². The van der Waals surface area contributed by atoms with E-state index in [0.717, 1.165) is 18.8 Å². The predicted octanol–water partition coefficient (Wildman–Crippen LogP) is 4.23. The maximum Gasteiger partial charge on any atom is 0.130 e. The molecular weight excluding hydrogens is 246 g/mol. The van der Waals surface area contributed by atoms with E-state index < -0.39 is 0 Å². The lowest BCUT2D eigenvalue weighted by atomic mass is 9.95. The number of anilines is 1. The van der Waals surface area contributed by atoms with E-state index in [2.05, 4.69) is 41.2 Å². The molecule has 0 amide bonds. The van der Waals surface area contributed by atoms with E-state index in [9.17, 15) is 0 Å². The lowest BCUT2D eigenvalue weighted by molar-refractivity contribution is 0.147. The number of hydrogen-bond acceptors (Lipinski definition) is 3. The molecule has 0 unspecified atom stereocenters. The summed E-state index contributed by atoms with van der Waals surface area (Å²) in [6, 6.07) is 4.90. The van der Waals surface area contributed by atoms with Crippen LogP contribution in [0.25, 0.3) is 0 Å². The summed E-state index contributed by atoms with van der Waals surface area (Å²) in [5.74, 6) is 1.10. The van der Waals surface area contributed by atoms with E-state index in [4.69, 9.17) is 0 Å². The molecule has 1 saturated heterocycles. The quantitative estimate of drug-likeness (QED) is 0.807. The van der Waals surface area contributed by atoms with Crippen molar-refractivity contribution >= 4 is 5.82 Å². The second-order valence-electron chi connectivity index (χ2n) is 5.77. The van der Waals surface area contributed by atoms with Gasteiger partial charge in [0.05, 0.1) is 0 Å². The maximum atomic E-state index is 4.57. The fraction of sp³-hybridized carbons (Fsp3) is 0.706. The van der Waals surface area contributed by atoms with Gasteiger partial charge in [-0.25, -0.2) is 4.98 Å². The van der Waals surface area contributed by atoms with E-state index in [0.29, 0.717) is 6.04 Å². The highest BCUT2D eigenvalue weighted by molar-refractivity contribution is 5.45. The van der Waals surface area contributed by atoms with Gasteiger partial charge in [-0.3, -0.25) is 4.90 Å². The van der Waals surface area contributed by atoms with Crippen LogP contribution in [0.5, 0.6) is 0 Å². The minimum absolute atomic E-state index is 0.559. The summed E-state index contributed by atoms with van der Waals surface area (Å²) < 4.78 is 0. The molecular formula is C17H29N3. The van der Waals surface area contributed by atoms with Crippen LogP contribution in [0.4, 0.5) is 5.82 Å². The second kappa shape index (κ2) is 8.25. The molecule has 2 heterocycles. The van der Waals surface area contributed by atoms with Crippen molar-refractivity contribution in [2.75, 3.05) is 25.0 Å². The number of nitrogens with one attached hydrogen (secondary N) is 1. The van der Waals surface area contributed by atoms with Crippen LogP contribution in [0, 0.1) is 0 Å². The first-order valence-electron chi connectivity index (χ1n) is 8.29. The van der Waals surface area contributed by atoms with Gasteiger partial charge >= 0.3 is 0 Å². The number of hydrogen-bond donors (Lipinski definition) is 1. The lowest BCUT2D eigenvalue weighted by Crippen LogP contribution is -2.34. The molecule has 20 heavy (non-hydrogen) atoms. The van der Waals surface area contributed by atoms with Crippen molar-refractivity contribution in [2.24, 2.45) is 0 Å². The third-order valence-corrected chi connectivity index (χ3v) is 4.15. The topological polar surface area (TPSA) is 28.2 Å². The van der Waals surface area contributed by atoms with Crippen molar-refractivity contribution in [3.63, 3.8) is 0 Å². The van der Waals surface area contributed by atoms with Crippen molar-refractivity contribution in [1.82, 2.24) is 9.88 Å². The molecule has 1 aliphatic heterocycles. The van der Waals surface area contributed by atoms with Crippen LogP contribution < -0.4 is 5.32 Å². The Labute approximate surface area is 123 Å². The molecule has 0 radical (unpaired) electrons. The largest absolute Gasteiger partial charge is 0.370 e. The first kappa shape index (κ1) is 15.3. The minimum Gasteiger partial charge on any atom is -0.370 e. The maximum absolute atomic E-state index is 4.57. The Morgan fingerprint density at radius 3 is 3.00 bits per heavy atom. The first-order chi connectivity index (χ1) is 9.86. The number of nitrogens with zero attached hydrogens (tertiary/aromatic N) is 2. The molecule has 1 atom stereocenters. The molecule has 1 aromatic heterocycles. The molecule has 2 rings (SSSR count). The summed E-state index contributed by atoms with van der Waals surface area (Å²) >= 11 is 0. The molecule has 1 fully saturated rings. The molecule has 0 aromatic carbocycles. The van der Waals surface area contributed by atoms with E-state index in [1.54, 1.807) is 0 Å². The van der Waals surface area contributed by atoms with Crippen LogP contribution in [-0.4, -0.2) is 29.5 Å². The molecule has 1 aliphatic rings. The van der Waals surface area contributed by atoms with Gasteiger partial charge in [0, 0.05) is 24.3 Å². The average Bonchev–Trinajstić information content (AvgIpc) is 2.51. The fourth-order valence-electron chi connectivity index (χ4n) is 3.05. The summed E-state index contributed by atoms with van der Waals surface area (Å²) in [5, 5.41) is 3.50. The van der Waals surface area contributed by atoms with Gasteiger partial charge in [-0.2, -0.15) is 0 Å². The Morgan fingerprint density at radius 1 is 1.30 bits per heavy atom. The van der Waals surface area contributed by atoms with Crippen molar-refractivity contribution in [2.45, 2.75) is 58.4 Å². The van der Waals surface area contributed by atoms with Gasteiger partial charge in [-0.05, 0) is 44.8 Å². The van der Waals surface area contributed by atoms with Crippen LogP contribution in [-0.2, 0) is 0 Å². The number of aromatic nitrogens is 1. The summed E-state index contributed by atoms with van der Waals surface area (Å²) in [4.78, 5) is 7.24. The molecule has 0 saturated carbocycles. The highest BCUT2D eigenvalue weighted by Crippen LogP contribution is 2.34. The smallest absolute Gasteiger partial charge is 0.130 e. The number of unbranched alkanes of at least 4 members (excludes halogenated alkanes) is 1. The highest BCUT2D eigenvalue weighted by Gasteiger charge is 2.25. The lowest BCUT2D eigenvalue weighted by Gasteiger charge is -2.36. The predicted molar refractivity (Wildman–Crippen MR) is 86.1 cm³/mol. The van der Waals surface area contributed by atoms with Crippen LogP contribution in [0.2, 0.25) is 0 Å². The van der Waals surface area contributed by atoms with Crippen molar-refractivity contribution < 1.29 is 0 Å². The van der Waals surface area contributed by atoms with E-state index in [-0.39, 0.29) is 0 Å². The third-order valence-electron chi connectivity index (χ3n) is 4.15. The zero-order chi connectivity index (χ0) is 14.2. The Hall–Kier alpha value is -1.09. The monoisotopic (exact) mass is 275 g/mol. The Morgan fingerprint density at radius 2 is 2.20 bits per heavy atom. The van der Waals surface area contributed by atoms with Crippen molar-refractivity contribution in [1.29, 1.82) is 0 Å². The molecule has 112 valence electrons. The zero-order valence-electron chi connectivity index (χ0n) is 13.1. The summed E-state index contributed by atoms with van der Waals surface area (Å²) in [6.45, 7) is 7.95. The Balaban J connectivity index is 2.14. The van der Waals surface area contributed by atoms with Gasteiger partial charge in [0.25, 0.3) is 0 Å². The van der Waals surface area contributed by atoms with E-state index in [1.165, 1.54) is 50.8 Å². The average molecular weight is 275 g/mol. The second-order valence-corrected chi connectivity index (χ2v) is 5.77. The summed E-state index contributed by atoms with van der Waals surface area (Å²) in [7, 11) is 0. The molecule has 3 nitrogen and oxygen atoms in total. The summed E-state index contributed by atoms with van der Waals surface area (Å²) in [5.41, 5.74) is 1.40.